The highest BCUT2D eigenvalue weighted by molar-refractivity contribution is 7.27. The summed E-state index contributed by atoms with van der Waals surface area (Å²) in [5.74, 6) is -0.00472. The van der Waals surface area contributed by atoms with Crippen LogP contribution in [0, 0.1) is 11.8 Å². The fourth-order valence-corrected chi connectivity index (χ4v) is 5.73. The highest BCUT2D eigenvalue weighted by Crippen LogP contribution is 2.53. The zero-order valence-corrected chi connectivity index (χ0v) is 15.5. The molecular weight excluding hydrogens is 326 g/mol. The zero-order chi connectivity index (χ0) is 17.3. The summed E-state index contributed by atoms with van der Waals surface area (Å²) in [6.45, 7) is 7.35. The molecule has 1 aliphatic carbocycles. The summed E-state index contributed by atoms with van der Waals surface area (Å²) < 4.78 is 23.6. The van der Waals surface area contributed by atoms with Crippen molar-refractivity contribution in [2.75, 3.05) is 0 Å². The van der Waals surface area contributed by atoms with Crippen LogP contribution in [-0.4, -0.2) is 55.2 Å². The number of aliphatic hydroxyl groups excluding tert-OH is 4. The Hall–Kier alpha value is 0.0400. The molecule has 0 aromatic heterocycles. The number of hydrogen-bond donors (Lipinski definition) is 4. The van der Waals surface area contributed by atoms with E-state index in [0.717, 1.165) is 0 Å². The Morgan fingerprint density at radius 2 is 0.955 bits per heavy atom. The highest BCUT2D eigenvalue weighted by Gasteiger charge is 2.73. The minimum atomic E-state index is -1.51. The first-order chi connectivity index (χ1) is 10.1. The van der Waals surface area contributed by atoms with E-state index in [1.807, 2.05) is 27.7 Å². The van der Waals surface area contributed by atoms with Crippen LogP contribution in [0.15, 0.2) is 0 Å². The van der Waals surface area contributed by atoms with Crippen LogP contribution < -0.4 is 0 Å². The smallest absolute Gasteiger partial charge is 0.336 e. The second-order valence-electron chi connectivity index (χ2n) is 7.26. The summed E-state index contributed by atoms with van der Waals surface area (Å²) in [4.78, 5) is 0. The standard InChI is InChI=1S/C14H26O6P2/c1-7(2)5-13(21-19)9(15)11(17)14(22-20,6-8(3)4)12(18)10(13)16/h7-12,15-18H,5-6H2,1-4H3/p+2. The second kappa shape index (κ2) is 7.29. The topological polar surface area (TPSA) is 115 Å². The van der Waals surface area contributed by atoms with E-state index in [0.29, 0.717) is 0 Å². The quantitative estimate of drug-likeness (QED) is 0.530. The van der Waals surface area contributed by atoms with Crippen LogP contribution in [0.2, 0.25) is 0 Å². The van der Waals surface area contributed by atoms with Gasteiger partial charge in [-0.3, -0.25) is 0 Å². The van der Waals surface area contributed by atoms with Gasteiger partial charge >= 0.3 is 16.9 Å². The van der Waals surface area contributed by atoms with E-state index in [2.05, 4.69) is 0 Å². The van der Waals surface area contributed by atoms with Gasteiger partial charge in [-0.1, -0.05) is 36.8 Å². The molecule has 1 aliphatic rings. The molecule has 0 radical (unpaired) electrons. The monoisotopic (exact) mass is 354 g/mol. The molecular formula is C14H28O6P2+2. The minimum absolute atomic E-state index is 0.00236. The fraction of sp³-hybridized carbons (Fsp3) is 1.00. The predicted molar refractivity (Wildman–Crippen MR) is 86.4 cm³/mol. The van der Waals surface area contributed by atoms with E-state index in [4.69, 9.17) is 0 Å². The maximum Gasteiger partial charge on any atom is 0.336 e. The summed E-state index contributed by atoms with van der Waals surface area (Å²) >= 11 is 0. The third-order valence-electron chi connectivity index (χ3n) is 4.58. The maximum atomic E-state index is 11.8. The van der Waals surface area contributed by atoms with Crippen molar-refractivity contribution in [1.82, 2.24) is 0 Å². The van der Waals surface area contributed by atoms with Gasteiger partial charge in [0.15, 0.2) is 0 Å². The summed E-state index contributed by atoms with van der Waals surface area (Å²) in [7, 11) is -2.19. The molecule has 0 heterocycles. The molecule has 0 saturated heterocycles. The predicted octanol–water partition coefficient (Wildman–Crippen LogP) is 1.06. The Kier molecular flexibility index (Phi) is 6.66. The van der Waals surface area contributed by atoms with Gasteiger partial charge in [0.1, 0.15) is 24.4 Å². The molecule has 0 aromatic rings. The van der Waals surface area contributed by atoms with E-state index in [1.165, 1.54) is 0 Å². The van der Waals surface area contributed by atoms with Crippen molar-refractivity contribution >= 4 is 16.9 Å². The normalized spacial score (nSPS) is 43.4. The molecule has 0 bridgehead atoms. The van der Waals surface area contributed by atoms with Crippen LogP contribution in [0.3, 0.4) is 0 Å². The van der Waals surface area contributed by atoms with Crippen molar-refractivity contribution in [1.29, 1.82) is 0 Å². The molecule has 1 saturated carbocycles. The Bertz CT molecular complexity index is 360. The maximum absolute atomic E-state index is 11.8. The first-order valence-electron chi connectivity index (χ1n) is 7.60. The van der Waals surface area contributed by atoms with Crippen molar-refractivity contribution in [2.24, 2.45) is 11.8 Å². The first kappa shape index (κ1) is 20.1. The highest BCUT2D eigenvalue weighted by atomic mass is 31.1. The number of hydrogen-bond acceptors (Lipinski definition) is 6. The Morgan fingerprint density at radius 3 is 1.09 bits per heavy atom. The van der Waals surface area contributed by atoms with Gasteiger partial charge in [-0.05, 0) is 11.8 Å². The molecule has 0 aromatic carbocycles. The van der Waals surface area contributed by atoms with Crippen LogP contribution in [0.25, 0.3) is 0 Å². The Labute approximate surface area is 134 Å². The van der Waals surface area contributed by atoms with Crippen molar-refractivity contribution in [3.05, 3.63) is 0 Å². The van der Waals surface area contributed by atoms with E-state index in [9.17, 15) is 29.6 Å². The first-order valence-corrected chi connectivity index (χ1v) is 9.41. The van der Waals surface area contributed by atoms with Gasteiger partial charge in [0, 0.05) is 12.8 Å². The Morgan fingerprint density at radius 1 is 0.727 bits per heavy atom. The molecule has 1 fully saturated rings. The molecule has 1 rings (SSSR count). The van der Waals surface area contributed by atoms with Gasteiger partial charge in [0.2, 0.25) is 10.3 Å². The van der Waals surface area contributed by atoms with Crippen LogP contribution in [0.4, 0.5) is 0 Å². The van der Waals surface area contributed by atoms with E-state index in [1.54, 1.807) is 0 Å². The van der Waals surface area contributed by atoms with E-state index < -0.39 is 51.6 Å². The summed E-state index contributed by atoms with van der Waals surface area (Å²) in [6.07, 6.45) is -5.67. The third kappa shape index (κ3) is 3.15. The fourth-order valence-electron chi connectivity index (χ4n) is 3.64. The molecule has 0 spiro atoms. The molecule has 0 amide bonds. The average molecular weight is 354 g/mol. The summed E-state index contributed by atoms with van der Waals surface area (Å²) in [5.41, 5.74) is 0. The van der Waals surface area contributed by atoms with Gasteiger partial charge in [-0.25, -0.2) is 0 Å². The molecule has 6 nitrogen and oxygen atoms in total. The molecule has 6 unspecified atom stereocenters. The van der Waals surface area contributed by atoms with Gasteiger partial charge in [-0.15, -0.1) is 0 Å². The van der Waals surface area contributed by atoms with Gasteiger partial charge in [0.25, 0.3) is 0 Å². The zero-order valence-electron chi connectivity index (χ0n) is 13.5. The van der Waals surface area contributed by atoms with Gasteiger partial charge < -0.3 is 20.4 Å². The van der Waals surface area contributed by atoms with Crippen LogP contribution in [0.1, 0.15) is 40.5 Å². The molecule has 128 valence electrons. The van der Waals surface area contributed by atoms with Crippen molar-refractivity contribution in [3.8, 4) is 0 Å². The third-order valence-corrected chi connectivity index (χ3v) is 6.93. The summed E-state index contributed by atoms with van der Waals surface area (Å²) in [5, 5.41) is 39.2. The van der Waals surface area contributed by atoms with Gasteiger partial charge in [-0.2, -0.15) is 0 Å². The summed E-state index contributed by atoms with van der Waals surface area (Å²) in [6, 6.07) is 0. The number of aliphatic hydroxyl groups is 4. The lowest BCUT2D eigenvalue weighted by Crippen LogP contribution is -2.72. The minimum Gasteiger partial charge on any atom is -0.385 e. The second-order valence-corrected chi connectivity index (χ2v) is 9.53. The van der Waals surface area contributed by atoms with E-state index in [-0.39, 0.29) is 24.7 Å². The van der Waals surface area contributed by atoms with Crippen LogP contribution in [0.5, 0.6) is 0 Å². The number of rotatable bonds is 6. The lowest BCUT2D eigenvalue weighted by Gasteiger charge is -2.47. The average Bonchev–Trinajstić information content (AvgIpc) is 2.45. The molecule has 4 N–H and O–H groups in total. The molecule has 6 atom stereocenters. The van der Waals surface area contributed by atoms with Crippen molar-refractivity contribution < 1.29 is 29.6 Å². The lowest BCUT2D eigenvalue weighted by atomic mass is 9.67. The van der Waals surface area contributed by atoms with Gasteiger partial charge in [0.05, 0.1) is 0 Å². The lowest BCUT2D eigenvalue weighted by molar-refractivity contribution is -0.162. The van der Waals surface area contributed by atoms with E-state index >= 15 is 0 Å². The molecule has 0 aliphatic heterocycles. The molecule has 22 heavy (non-hydrogen) atoms. The van der Waals surface area contributed by atoms with Crippen LogP contribution >= 0.6 is 16.9 Å². The van der Waals surface area contributed by atoms with Crippen molar-refractivity contribution in [2.45, 2.75) is 75.3 Å². The molecule has 8 heteroatoms. The van der Waals surface area contributed by atoms with Crippen molar-refractivity contribution in [3.63, 3.8) is 0 Å². The SMILES string of the molecule is CC(C)CC1([PH+]=O)C(O)C(O)C(CC(C)C)([PH+]=O)C(O)C1O. The largest absolute Gasteiger partial charge is 0.385 e. The van der Waals surface area contributed by atoms with Crippen LogP contribution in [-0.2, 0) is 9.13 Å². The Balaban J connectivity index is 3.36.